The number of amides is 4. The highest BCUT2D eigenvalue weighted by molar-refractivity contribution is 5.93. The maximum Gasteiger partial charge on any atom is 0.303 e. The third kappa shape index (κ3) is 49.1. The number of nitrogens with one attached hydrogen (secondary N) is 4. The highest BCUT2D eigenvalue weighted by atomic mass is 16.7. The average Bonchev–Trinajstić information content (AvgIpc) is 0.878. The number of hydrogen-bond donors (Lipinski definition) is 11. The largest absolute Gasteiger partial charge is 0.481 e. The zero-order chi connectivity index (χ0) is 70.7. The molecule has 1 heterocycles. The number of hydrogen-bond acceptors (Lipinski definition) is 16. The molecule has 0 aromatic rings. The molecule has 22 heteroatoms. The van der Waals surface area contributed by atoms with Gasteiger partial charge in [0.15, 0.2) is 6.29 Å². The van der Waals surface area contributed by atoms with Crippen LogP contribution in [0.5, 0.6) is 0 Å². The first-order valence-electron chi connectivity index (χ1n) is 37.3. The zero-order valence-corrected chi connectivity index (χ0v) is 59.6. The molecule has 0 spiro atoms. The van der Waals surface area contributed by atoms with Crippen molar-refractivity contribution in [3.8, 4) is 11.8 Å². The molecular weight excluding hydrogens is 1230 g/mol. The van der Waals surface area contributed by atoms with Crippen LogP contribution in [0.3, 0.4) is 0 Å². The molecule has 556 valence electrons. The summed E-state index contributed by atoms with van der Waals surface area (Å²) in [7, 11) is 0. The number of rotatable bonds is 64. The molecule has 11 N–H and O–H groups in total. The van der Waals surface area contributed by atoms with Crippen LogP contribution in [0.25, 0.3) is 0 Å². The lowest BCUT2D eigenvalue weighted by Gasteiger charge is -2.40. The van der Waals surface area contributed by atoms with Crippen molar-refractivity contribution >= 4 is 35.6 Å². The first-order chi connectivity index (χ1) is 46.4. The van der Waals surface area contributed by atoms with Gasteiger partial charge in [-0.15, -0.1) is 0 Å². The number of carboxylic acids is 2. The molecule has 0 radical (unpaired) electrons. The van der Waals surface area contributed by atoms with Gasteiger partial charge in [-0.25, -0.2) is 0 Å². The van der Waals surface area contributed by atoms with Gasteiger partial charge in [-0.3, -0.25) is 28.8 Å². The Labute approximate surface area is 576 Å². The van der Waals surface area contributed by atoms with Gasteiger partial charge in [0, 0.05) is 38.8 Å². The first-order valence-corrected chi connectivity index (χ1v) is 37.3. The van der Waals surface area contributed by atoms with Crippen molar-refractivity contribution in [1.29, 1.82) is 0 Å². The molecular formula is C74H132N4O18. The molecule has 1 saturated heterocycles. The fourth-order valence-corrected chi connectivity index (χ4v) is 11.2. The van der Waals surface area contributed by atoms with Crippen LogP contribution in [-0.4, -0.2) is 186 Å². The Bertz CT molecular complexity index is 2140. The normalized spacial score (nSPS) is 17.8. The Balaban J connectivity index is 2.56. The van der Waals surface area contributed by atoms with E-state index in [4.69, 9.17) is 33.9 Å². The van der Waals surface area contributed by atoms with E-state index in [1.54, 1.807) is 0 Å². The molecule has 9 atom stereocenters. The predicted molar refractivity (Wildman–Crippen MR) is 374 cm³/mol. The van der Waals surface area contributed by atoms with E-state index in [0.717, 1.165) is 96.3 Å². The molecule has 96 heavy (non-hydrogen) atoms. The van der Waals surface area contributed by atoms with Gasteiger partial charge in [-0.2, -0.15) is 0 Å². The van der Waals surface area contributed by atoms with Crippen LogP contribution in [0.4, 0.5) is 0 Å². The lowest BCUT2D eigenvalue weighted by molar-refractivity contribution is -0.303. The van der Waals surface area contributed by atoms with E-state index in [-0.39, 0.29) is 64.6 Å². The van der Waals surface area contributed by atoms with Gasteiger partial charge >= 0.3 is 11.9 Å². The van der Waals surface area contributed by atoms with Gasteiger partial charge in [0.05, 0.1) is 58.5 Å². The monoisotopic (exact) mass is 1360 g/mol. The second-order valence-electron chi connectivity index (χ2n) is 26.0. The first kappa shape index (κ1) is 89.5. The molecule has 1 aliphatic rings. The van der Waals surface area contributed by atoms with Gasteiger partial charge in [-0.05, 0) is 95.6 Å². The van der Waals surface area contributed by atoms with Gasteiger partial charge in [0.2, 0.25) is 23.6 Å². The topological polar surface area (TPSA) is 338 Å². The number of carbonyl (C=O) groups is 6. The molecule has 0 aromatic heterocycles. The maximum atomic E-state index is 13.6. The van der Waals surface area contributed by atoms with E-state index in [1.807, 2.05) is 0 Å². The Kier molecular flexibility index (Phi) is 57.4. The van der Waals surface area contributed by atoms with Gasteiger partial charge < -0.3 is 80.7 Å². The van der Waals surface area contributed by atoms with E-state index in [9.17, 15) is 54.3 Å². The van der Waals surface area contributed by atoms with E-state index in [1.165, 1.54) is 153 Å². The SMILES string of the molecule is CCCCCCCCCC/C=C(\C#C/C(=C\CCCCCCCCCCCC)CCCCCCCCCC(=O)O)CCCCCCCCC(=O)NCCOCCOCCOCCNC(=O)[C@@H](NC(=O)[C@@H](NC(=O)CCCC(=O)O)C(O)CO)[C@@H](C)O[C@@H]1O[C@@H](C)[C@@H](O)[C@@H](O)[C@@H]1O. The third-order valence-corrected chi connectivity index (χ3v) is 17.2. The smallest absolute Gasteiger partial charge is 0.303 e. The molecule has 1 fully saturated rings. The van der Waals surface area contributed by atoms with Crippen LogP contribution < -0.4 is 21.3 Å². The number of aliphatic carboxylic acids is 2. The van der Waals surface area contributed by atoms with Crippen molar-refractivity contribution in [2.75, 3.05) is 59.3 Å². The van der Waals surface area contributed by atoms with Gasteiger partial charge in [0.1, 0.15) is 36.5 Å². The zero-order valence-electron chi connectivity index (χ0n) is 59.6. The van der Waals surface area contributed by atoms with Crippen LogP contribution in [0.1, 0.15) is 285 Å². The maximum absolute atomic E-state index is 13.6. The lowest BCUT2D eigenvalue weighted by atomic mass is 10.00. The summed E-state index contributed by atoms with van der Waals surface area (Å²) < 4.78 is 28.1. The van der Waals surface area contributed by atoms with E-state index >= 15 is 0 Å². The van der Waals surface area contributed by atoms with Crippen molar-refractivity contribution in [1.82, 2.24) is 21.3 Å². The molecule has 0 bridgehead atoms. The van der Waals surface area contributed by atoms with Crippen molar-refractivity contribution in [2.24, 2.45) is 0 Å². The minimum absolute atomic E-state index is 0.00339. The van der Waals surface area contributed by atoms with Crippen molar-refractivity contribution < 1.29 is 88.2 Å². The van der Waals surface area contributed by atoms with Crippen LogP contribution >= 0.6 is 0 Å². The van der Waals surface area contributed by atoms with Crippen LogP contribution in [0.15, 0.2) is 23.3 Å². The molecule has 22 nitrogen and oxygen atoms in total. The molecule has 4 amide bonds. The Morgan fingerprint density at radius 3 is 1.31 bits per heavy atom. The molecule has 1 rings (SSSR count). The van der Waals surface area contributed by atoms with Gasteiger partial charge in [0.25, 0.3) is 0 Å². The molecule has 0 aromatic carbocycles. The summed E-state index contributed by atoms with van der Waals surface area (Å²) in [4.78, 5) is 73.9. The minimum Gasteiger partial charge on any atom is -0.481 e. The number of carboxylic acid groups (broad SMARTS) is 2. The van der Waals surface area contributed by atoms with E-state index < -0.39 is 91.3 Å². The number of aliphatic hydroxyl groups is 5. The Morgan fingerprint density at radius 2 is 0.854 bits per heavy atom. The fraction of sp³-hybridized carbons (Fsp3) is 0.838. The summed E-state index contributed by atoms with van der Waals surface area (Å²) in [6.07, 6.45) is 36.2. The quantitative estimate of drug-likeness (QED) is 0.0199. The second-order valence-corrected chi connectivity index (χ2v) is 26.0. The molecule has 1 unspecified atom stereocenters. The Hall–Kier alpha value is -4.54. The number of carbonyl (C=O) groups excluding carboxylic acids is 4. The second kappa shape index (κ2) is 61.5. The van der Waals surface area contributed by atoms with Crippen molar-refractivity contribution in [3.05, 3.63) is 23.3 Å². The number of unbranched alkanes of at least 4 members (excludes halogenated alkanes) is 29. The highest BCUT2D eigenvalue weighted by Crippen LogP contribution is 2.24. The van der Waals surface area contributed by atoms with Crippen molar-refractivity contribution in [2.45, 2.75) is 340 Å². The summed E-state index contributed by atoms with van der Waals surface area (Å²) in [5.41, 5.74) is 2.58. The highest BCUT2D eigenvalue weighted by Gasteiger charge is 2.44. The predicted octanol–water partition coefficient (Wildman–Crippen LogP) is 10.5. The average molecular weight is 1370 g/mol. The summed E-state index contributed by atoms with van der Waals surface area (Å²) in [6, 6.07) is -3.36. The number of allylic oxidation sites excluding steroid dienone is 4. The van der Waals surface area contributed by atoms with Gasteiger partial charge in [-0.1, -0.05) is 198 Å². The van der Waals surface area contributed by atoms with Crippen LogP contribution in [0.2, 0.25) is 0 Å². The van der Waals surface area contributed by atoms with Crippen LogP contribution in [0, 0.1) is 11.8 Å². The molecule has 1 aliphatic heterocycles. The van der Waals surface area contributed by atoms with Crippen LogP contribution in [-0.2, 0) is 52.5 Å². The summed E-state index contributed by atoms with van der Waals surface area (Å²) >= 11 is 0. The van der Waals surface area contributed by atoms with Crippen molar-refractivity contribution in [3.63, 3.8) is 0 Å². The minimum atomic E-state index is -1.83. The van der Waals surface area contributed by atoms with E-state index in [0.29, 0.717) is 26.2 Å². The van der Waals surface area contributed by atoms with E-state index in [2.05, 4.69) is 59.1 Å². The Morgan fingerprint density at radius 1 is 0.458 bits per heavy atom. The summed E-state index contributed by atoms with van der Waals surface area (Å²) in [5, 5.41) is 79.1. The lowest BCUT2D eigenvalue weighted by Crippen LogP contribution is -2.62. The summed E-state index contributed by atoms with van der Waals surface area (Å²) in [6.45, 7) is 7.99. The molecule has 0 aliphatic carbocycles. The molecule has 0 saturated carbocycles. The third-order valence-electron chi connectivity index (χ3n) is 17.2. The number of aliphatic hydroxyl groups excluding tert-OH is 5. The summed E-state index contributed by atoms with van der Waals surface area (Å²) in [5.74, 6) is 2.82. The number of ether oxygens (including phenoxy) is 5. The standard InChI is InChI=1S/C74H132N4O18/c1-5-7-9-11-13-15-16-18-21-27-33-40-60(41-34-28-22-19-23-31-37-45-65(83)84)47-48-61(39-32-26-20-17-14-12-10-8-6-2)42-35-29-24-25-30-36-43-63(81)75-49-51-92-53-55-94-56-54-93-52-50-76-72(90)67(58(3)95-74-71(89)70(88)69(87)59(4)96-74)78-73(91)68(62(80)57-79)77-64(82)44-38-46-66(85)86/h39-40,58-59,62,67-71,74,79-80,87-89H,5-38,41-46,49-57H2,1-4H3,(H,75,81)(H,76,90)(H,77,82)(H,78,91)(H,83,84)(H,85,86)/b60-40-,61-39-/t58-,59+,62?,67+,68+,69-,70-,71+,74-/m1/s1. The fourth-order valence-electron chi connectivity index (χ4n) is 11.2.